The van der Waals surface area contributed by atoms with Crippen molar-refractivity contribution in [1.29, 1.82) is 0 Å². The summed E-state index contributed by atoms with van der Waals surface area (Å²) in [6.07, 6.45) is 0.889. The van der Waals surface area contributed by atoms with Gasteiger partial charge in [-0.25, -0.2) is 0 Å². The minimum atomic E-state index is -0.198. The number of carbonyl (C=O) groups excluding carboxylic acids is 2. The molecule has 0 spiro atoms. The predicted molar refractivity (Wildman–Crippen MR) is 118 cm³/mol. The molecule has 4 rings (SSSR count). The van der Waals surface area contributed by atoms with Crippen molar-refractivity contribution in [1.82, 2.24) is 0 Å². The quantitative estimate of drug-likeness (QED) is 0.656. The second-order valence-corrected chi connectivity index (χ2v) is 7.04. The molecule has 3 aromatic rings. The number of nitrogens with zero attached hydrogens (tertiary/aromatic N) is 1. The van der Waals surface area contributed by atoms with Crippen LogP contribution in [0.1, 0.15) is 15.9 Å². The molecule has 6 nitrogen and oxygen atoms in total. The normalized spacial score (nSPS) is 12.2. The summed E-state index contributed by atoms with van der Waals surface area (Å²) in [6, 6.07) is 22.2. The summed E-state index contributed by atoms with van der Waals surface area (Å²) in [5, 5.41) is 5.99. The number of amides is 2. The fourth-order valence-electron chi connectivity index (χ4n) is 3.49. The summed E-state index contributed by atoms with van der Waals surface area (Å²) in [4.78, 5) is 26.8. The topological polar surface area (TPSA) is 70.7 Å². The third kappa shape index (κ3) is 4.27. The number of rotatable bonds is 6. The Hall–Kier alpha value is -3.80. The lowest BCUT2D eigenvalue weighted by molar-refractivity contribution is -0.116. The van der Waals surface area contributed by atoms with E-state index in [1.165, 1.54) is 5.56 Å². The molecule has 0 atom stereocenters. The Morgan fingerprint density at radius 2 is 1.63 bits per heavy atom. The van der Waals surface area contributed by atoms with Crippen molar-refractivity contribution in [3.05, 3.63) is 83.9 Å². The summed E-state index contributed by atoms with van der Waals surface area (Å²) in [5.41, 5.74) is 4.22. The maximum Gasteiger partial charge on any atom is 0.255 e. The van der Waals surface area contributed by atoms with E-state index in [1.54, 1.807) is 55.6 Å². The van der Waals surface area contributed by atoms with Gasteiger partial charge in [-0.15, -0.1) is 0 Å². The van der Waals surface area contributed by atoms with Crippen LogP contribution in [0.5, 0.6) is 5.75 Å². The summed E-state index contributed by atoms with van der Waals surface area (Å²) < 4.78 is 5.11. The molecule has 0 bridgehead atoms. The molecule has 0 saturated heterocycles. The van der Waals surface area contributed by atoms with Gasteiger partial charge in [0.25, 0.3) is 5.91 Å². The molecule has 6 heteroatoms. The van der Waals surface area contributed by atoms with Crippen LogP contribution in [-0.4, -0.2) is 32.0 Å². The number of para-hydroxylation sites is 1. The van der Waals surface area contributed by atoms with E-state index in [-0.39, 0.29) is 18.4 Å². The zero-order valence-corrected chi connectivity index (χ0v) is 16.7. The lowest BCUT2D eigenvalue weighted by Crippen LogP contribution is -2.34. The van der Waals surface area contributed by atoms with Gasteiger partial charge in [-0.3, -0.25) is 9.59 Å². The minimum absolute atomic E-state index is 0.0290. The fraction of sp³-hybridized carbons (Fsp3) is 0.167. The van der Waals surface area contributed by atoms with Gasteiger partial charge in [-0.05, 0) is 66.6 Å². The second-order valence-electron chi connectivity index (χ2n) is 7.04. The van der Waals surface area contributed by atoms with Gasteiger partial charge in [0.15, 0.2) is 0 Å². The van der Waals surface area contributed by atoms with Crippen LogP contribution < -0.4 is 20.3 Å². The Morgan fingerprint density at radius 3 is 2.37 bits per heavy atom. The molecule has 152 valence electrons. The average Bonchev–Trinajstić information content (AvgIpc) is 3.22. The number of ether oxygens (including phenoxy) is 1. The highest BCUT2D eigenvalue weighted by Gasteiger charge is 2.23. The van der Waals surface area contributed by atoms with Gasteiger partial charge in [0.05, 0.1) is 13.7 Å². The van der Waals surface area contributed by atoms with E-state index in [9.17, 15) is 9.59 Å². The molecule has 0 saturated carbocycles. The van der Waals surface area contributed by atoms with Crippen molar-refractivity contribution >= 4 is 28.9 Å². The maximum atomic E-state index is 12.6. The number of nitrogens with one attached hydrogen (secondary N) is 2. The van der Waals surface area contributed by atoms with Crippen LogP contribution in [-0.2, 0) is 11.2 Å². The predicted octanol–water partition coefficient (Wildman–Crippen LogP) is 3.95. The zero-order chi connectivity index (χ0) is 20.9. The van der Waals surface area contributed by atoms with E-state index in [2.05, 4.69) is 16.7 Å². The van der Waals surface area contributed by atoms with Crippen LogP contribution >= 0.6 is 0 Å². The number of hydrogen-bond donors (Lipinski definition) is 2. The van der Waals surface area contributed by atoms with Gasteiger partial charge in [-0.2, -0.15) is 0 Å². The highest BCUT2D eigenvalue weighted by Crippen LogP contribution is 2.27. The first-order valence-corrected chi connectivity index (χ1v) is 9.81. The average molecular weight is 401 g/mol. The lowest BCUT2D eigenvalue weighted by atomic mass is 10.2. The lowest BCUT2D eigenvalue weighted by Gasteiger charge is -2.18. The first-order valence-electron chi connectivity index (χ1n) is 9.81. The molecular weight excluding hydrogens is 378 g/mol. The van der Waals surface area contributed by atoms with Crippen molar-refractivity contribution in [2.24, 2.45) is 0 Å². The first kappa shape index (κ1) is 19.5. The highest BCUT2D eigenvalue weighted by atomic mass is 16.5. The molecule has 0 aromatic heterocycles. The summed E-state index contributed by atoms with van der Waals surface area (Å²) in [7, 11) is 1.60. The van der Waals surface area contributed by atoms with Gasteiger partial charge in [-0.1, -0.05) is 18.2 Å². The minimum Gasteiger partial charge on any atom is -0.497 e. The van der Waals surface area contributed by atoms with Crippen LogP contribution in [0.2, 0.25) is 0 Å². The van der Waals surface area contributed by atoms with E-state index in [0.29, 0.717) is 17.8 Å². The van der Waals surface area contributed by atoms with E-state index in [1.807, 2.05) is 23.1 Å². The number of methoxy groups -OCH3 is 1. The van der Waals surface area contributed by atoms with Crippen LogP contribution in [0.15, 0.2) is 72.8 Å². The number of benzene rings is 3. The number of anilines is 3. The zero-order valence-electron chi connectivity index (χ0n) is 16.7. The molecule has 0 fully saturated rings. The SMILES string of the molecule is COc1ccc(NC(=O)c2ccc(NCC(=O)N3CCc4ccccc43)cc2)cc1. The summed E-state index contributed by atoms with van der Waals surface area (Å²) >= 11 is 0. The number of hydrogen-bond acceptors (Lipinski definition) is 4. The molecule has 3 aromatic carbocycles. The highest BCUT2D eigenvalue weighted by molar-refractivity contribution is 6.04. The maximum absolute atomic E-state index is 12.6. The van der Waals surface area contributed by atoms with E-state index < -0.39 is 0 Å². The Morgan fingerprint density at radius 1 is 0.933 bits per heavy atom. The van der Waals surface area contributed by atoms with Gasteiger partial charge >= 0.3 is 0 Å². The van der Waals surface area contributed by atoms with E-state index in [0.717, 1.165) is 23.5 Å². The van der Waals surface area contributed by atoms with Gasteiger partial charge in [0.2, 0.25) is 5.91 Å². The Bertz CT molecular complexity index is 1050. The van der Waals surface area contributed by atoms with Gasteiger partial charge < -0.3 is 20.3 Å². The molecule has 0 radical (unpaired) electrons. The largest absolute Gasteiger partial charge is 0.497 e. The molecule has 2 N–H and O–H groups in total. The molecule has 0 aliphatic carbocycles. The summed E-state index contributed by atoms with van der Waals surface area (Å²) in [6.45, 7) is 0.913. The smallest absolute Gasteiger partial charge is 0.255 e. The third-order valence-corrected chi connectivity index (χ3v) is 5.13. The van der Waals surface area contributed by atoms with Gasteiger partial charge in [0, 0.05) is 29.2 Å². The first-order chi connectivity index (χ1) is 14.6. The molecule has 1 aliphatic heterocycles. The van der Waals surface area contributed by atoms with E-state index >= 15 is 0 Å². The molecule has 2 amide bonds. The Kier molecular flexibility index (Phi) is 5.66. The van der Waals surface area contributed by atoms with Crippen molar-refractivity contribution in [3.63, 3.8) is 0 Å². The van der Waals surface area contributed by atoms with Crippen LogP contribution in [0.25, 0.3) is 0 Å². The third-order valence-electron chi connectivity index (χ3n) is 5.13. The van der Waals surface area contributed by atoms with Crippen LogP contribution in [0.4, 0.5) is 17.1 Å². The molecule has 0 unspecified atom stereocenters. The molecule has 30 heavy (non-hydrogen) atoms. The molecule has 1 aliphatic rings. The van der Waals surface area contributed by atoms with Crippen molar-refractivity contribution in [2.75, 3.05) is 35.7 Å². The van der Waals surface area contributed by atoms with E-state index in [4.69, 9.17) is 4.74 Å². The Balaban J connectivity index is 1.32. The summed E-state index contributed by atoms with van der Waals surface area (Å²) in [5.74, 6) is 0.563. The monoisotopic (exact) mass is 401 g/mol. The van der Waals surface area contributed by atoms with Gasteiger partial charge in [0.1, 0.15) is 5.75 Å². The molecular formula is C24H23N3O3. The standard InChI is InChI=1S/C24H23N3O3/c1-30-21-12-10-20(11-13-21)26-24(29)18-6-8-19(9-7-18)25-16-23(28)27-15-14-17-4-2-3-5-22(17)27/h2-13,25H,14-16H2,1H3,(H,26,29). The number of carbonyl (C=O) groups is 2. The van der Waals surface area contributed by atoms with Crippen molar-refractivity contribution < 1.29 is 14.3 Å². The second kappa shape index (κ2) is 8.69. The van der Waals surface area contributed by atoms with Crippen molar-refractivity contribution in [3.8, 4) is 5.75 Å². The number of fused-ring (bicyclic) bond motifs is 1. The van der Waals surface area contributed by atoms with Crippen LogP contribution in [0, 0.1) is 0 Å². The Labute approximate surface area is 175 Å². The van der Waals surface area contributed by atoms with Crippen molar-refractivity contribution in [2.45, 2.75) is 6.42 Å². The fourth-order valence-corrected chi connectivity index (χ4v) is 3.49. The van der Waals surface area contributed by atoms with Crippen LogP contribution in [0.3, 0.4) is 0 Å². The molecule has 1 heterocycles.